The van der Waals surface area contributed by atoms with E-state index in [1.807, 2.05) is 0 Å². The van der Waals surface area contributed by atoms with Crippen molar-refractivity contribution in [1.82, 2.24) is 42.5 Å². The van der Waals surface area contributed by atoms with E-state index < -0.39 is 167 Å². The normalized spacial score (nSPS) is 16.6. The molecule has 0 heterocycles. The molecule has 32 heteroatoms. The van der Waals surface area contributed by atoms with Crippen molar-refractivity contribution in [2.45, 2.75) is 208 Å². The van der Waals surface area contributed by atoms with Gasteiger partial charge in [-0.3, -0.25) is 38.4 Å². The molecule has 8 bridgehead atoms. The fourth-order valence-corrected chi connectivity index (χ4v) is 14.3. The van der Waals surface area contributed by atoms with Crippen LogP contribution in [0.3, 0.4) is 0 Å². The molecule has 4 aromatic carbocycles. The Labute approximate surface area is 678 Å². The van der Waals surface area contributed by atoms with Gasteiger partial charge in [-0.05, 0) is 97.3 Å². The van der Waals surface area contributed by atoms with E-state index >= 15 is 19.2 Å². The Morgan fingerprint density at radius 1 is 0.250 bits per heavy atom. The van der Waals surface area contributed by atoms with Crippen molar-refractivity contribution in [1.29, 1.82) is 0 Å². The number of hydrogen-bond donors (Lipinski definition) is 12. The summed E-state index contributed by atoms with van der Waals surface area (Å²) in [5, 5.41) is 63.7. The van der Waals surface area contributed by atoms with Crippen molar-refractivity contribution >= 4 is 71.1 Å². The summed E-state index contributed by atoms with van der Waals surface area (Å²) >= 11 is 0. The van der Waals surface area contributed by atoms with E-state index in [0.717, 1.165) is 0 Å². The van der Waals surface area contributed by atoms with Crippen molar-refractivity contribution in [3.05, 3.63) is 93.0 Å². The Balaban J connectivity index is 2.27. The maximum atomic E-state index is 16.7. The zero-order valence-corrected chi connectivity index (χ0v) is 70.9. The highest BCUT2D eigenvalue weighted by Crippen LogP contribution is 2.52. The molecule has 0 fully saturated rings. The van der Waals surface area contributed by atoms with Crippen molar-refractivity contribution in [2.24, 2.45) is 47.3 Å². The molecule has 1 aliphatic rings. The molecule has 1 aliphatic carbocycles. The number of ether oxygens (including phenoxy) is 8. The monoisotopic (exact) mass is 1620 g/mol. The number of carbonyl (C=O) groups is 12. The van der Waals surface area contributed by atoms with Crippen LogP contribution in [-0.4, -0.2) is 197 Å². The van der Waals surface area contributed by atoms with Gasteiger partial charge in [0.15, 0.2) is 0 Å². The first kappa shape index (κ1) is 95.5. The van der Waals surface area contributed by atoms with Crippen LogP contribution >= 0.6 is 0 Å². The number of carboxylic acids is 4. The van der Waals surface area contributed by atoms with Crippen molar-refractivity contribution < 1.29 is 116 Å². The number of aliphatic carboxylic acids is 4. The van der Waals surface area contributed by atoms with Crippen LogP contribution in [0.1, 0.15) is 205 Å². The molecule has 116 heavy (non-hydrogen) atoms. The third kappa shape index (κ3) is 23.6. The molecule has 5 rings (SSSR count). The molecule has 12 N–H and O–H groups in total. The summed E-state index contributed by atoms with van der Waals surface area (Å²) < 4.78 is 50.0. The Kier molecular flexibility index (Phi) is 35.0. The van der Waals surface area contributed by atoms with E-state index in [0.29, 0.717) is 0 Å². The zero-order valence-electron chi connectivity index (χ0n) is 70.9. The summed E-state index contributed by atoms with van der Waals surface area (Å²) in [5.41, 5.74) is -1.33. The van der Waals surface area contributed by atoms with Crippen LogP contribution in [0.5, 0.6) is 46.0 Å². The summed E-state index contributed by atoms with van der Waals surface area (Å²) in [6, 6.07) is -1.15. The third-order valence-electron chi connectivity index (χ3n) is 20.1. The molecule has 0 saturated carbocycles. The number of amides is 8. The number of hydrogen-bond acceptors (Lipinski definition) is 20. The molecule has 0 aromatic heterocycles. The van der Waals surface area contributed by atoms with Gasteiger partial charge < -0.3 is 101 Å². The first-order valence-electron chi connectivity index (χ1n) is 38.8. The quantitative estimate of drug-likeness (QED) is 0.0204. The highest BCUT2D eigenvalue weighted by Gasteiger charge is 2.45. The van der Waals surface area contributed by atoms with Gasteiger partial charge in [0.25, 0.3) is 0 Å². The van der Waals surface area contributed by atoms with E-state index in [1.54, 1.807) is 111 Å². The predicted octanol–water partition coefficient (Wildman–Crippen LogP) is 7.62. The molecule has 0 unspecified atom stereocenters. The predicted molar refractivity (Wildman–Crippen MR) is 429 cm³/mol. The van der Waals surface area contributed by atoms with Gasteiger partial charge in [0, 0.05) is 68.8 Å². The minimum atomic E-state index is -1.90. The summed E-state index contributed by atoms with van der Waals surface area (Å²) in [6.07, 6.45) is -0.0632. The molecule has 640 valence electrons. The molecule has 8 amide bonds. The highest BCUT2D eigenvalue weighted by atomic mass is 16.5. The average Bonchev–Trinajstić information content (AvgIpc) is 0.737. The minimum Gasteiger partial charge on any atom is -0.496 e. The van der Waals surface area contributed by atoms with Crippen LogP contribution in [0.4, 0.5) is 0 Å². The van der Waals surface area contributed by atoms with Crippen LogP contribution in [0, 0.1) is 47.3 Å². The van der Waals surface area contributed by atoms with Crippen LogP contribution in [0.15, 0.2) is 48.5 Å². The maximum absolute atomic E-state index is 16.7. The third-order valence-corrected chi connectivity index (χ3v) is 20.1. The topological polar surface area (TPSA) is 456 Å². The molecular formula is C84H120N8O24. The standard InChI is InChI=1S/C84H120N8O24/c1-37(2)25-53(81(101)102)85-77(97)69(41(9)10)89-73(93)65-45-29-47(59(111-19)33-57(45)109-17)66(74(94)90-70(42(11)12)78(98)86-54(82(103)104)26-38(3)4)49-31-51(63(115-23)35-61(49)113-21)68(76(96)92-72(44(15)16)80(100)88-56(84(107)108)28-40(7)8)52-32-50(62(114-22)36-64(52)116-24)67(48-30-46(65)58(110-18)34-60(48)112-20)75(95)91-71(43(13)14)79(99)87-55(83(105)106)27-39(5)6/h29-44,53-56,65-72H,25-28H2,1-24H3,(H,85,97)(H,86,98)(H,87,99)(H,88,100)(H,89,93)(H,90,94)(H,91,95)(H,92,96)(H,101,102)(H,103,104)(H,105,106)(H,107,108)/t53-,54-,55-,56-,65?,66?,67?,68?,69-,70-,71-,72-/m1/s1. The van der Waals surface area contributed by atoms with E-state index in [1.165, 1.54) is 105 Å². The van der Waals surface area contributed by atoms with Gasteiger partial charge in [-0.25, -0.2) is 19.2 Å². The Morgan fingerprint density at radius 2 is 0.388 bits per heavy atom. The second-order valence-electron chi connectivity index (χ2n) is 32.1. The second kappa shape index (κ2) is 42.5. The number of methoxy groups -OCH3 is 8. The summed E-state index contributed by atoms with van der Waals surface area (Å²) in [4.78, 5) is 178. The largest absolute Gasteiger partial charge is 0.496 e. The molecule has 8 atom stereocenters. The van der Waals surface area contributed by atoms with Crippen molar-refractivity contribution in [3.8, 4) is 46.0 Å². The van der Waals surface area contributed by atoms with Gasteiger partial charge in [0.05, 0.1) is 80.6 Å². The lowest BCUT2D eigenvalue weighted by molar-refractivity contribution is -0.143. The summed E-state index contributed by atoms with van der Waals surface area (Å²) in [6.45, 7) is 26.9. The number of fused-ring (bicyclic) bond motifs is 8. The lowest BCUT2D eigenvalue weighted by atomic mass is 9.78. The van der Waals surface area contributed by atoms with E-state index in [-0.39, 0.29) is 140 Å². The van der Waals surface area contributed by atoms with Gasteiger partial charge in [0.2, 0.25) is 47.3 Å². The minimum absolute atomic E-state index is 0.0158. The molecule has 0 radical (unpaired) electrons. The second-order valence-corrected chi connectivity index (χ2v) is 32.1. The van der Waals surface area contributed by atoms with Gasteiger partial charge in [0.1, 0.15) is 94.3 Å². The summed E-state index contributed by atoms with van der Waals surface area (Å²) in [7, 11) is 10.0. The average molecular weight is 1630 g/mol. The number of nitrogens with one attached hydrogen (secondary N) is 8. The van der Waals surface area contributed by atoms with Crippen molar-refractivity contribution in [3.63, 3.8) is 0 Å². The first-order valence-corrected chi connectivity index (χ1v) is 38.8. The fourth-order valence-electron chi connectivity index (χ4n) is 14.3. The van der Waals surface area contributed by atoms with Gasteiger partial charge in [-0.1, -0.05) is 111 Å². The lowest BCUT2D eigenvalue weighted by Gasteiger charge is -2.32. The Morgan fingerprint density at radius 3 is 0.491 bits per heavy atom. The van der Waals surface area contributed by atoms with E-state index in [4.69, 9.17) is 37.9 Å². The molecule has 0 spiro atoms. The van der Waals surface area contributed by atoms with Gasteiger partial charge in [-0.2, -0.15) is 0 Å². The molecule has 32 nitrogen and oxygen atoms in total. The van der Waals surface area contributed by atoms with E-state index in [9.17, 15) is 58.8 Å². The number of carboxylic acid groups (broad SMARTS) is 4. The fraction of sp³-hybridized carbons (Fsp3) is 0.571. The van der Waals surface area contributed by atoms with Crippen LogP contribution in [0.2, 0.25) is 0 Å². The Bertz CT molecular complexity index is 3580. The number of benzene rings is 4. The van der Waals surface area contributed by atoms with E-state index in [2.05, 4.69) is 42.5 Å². The molecular weight excluding hydrogens is 1500 g/mol. The number of carbonyl (C=O) groups excluding carboxylic acids is 8. The lowest BCUT2D eigenvalue weighted by Crippen LogP contribution is -2.55. The van der Waals surface area contributed by atoms with Crippen LogP contribution in [0.25, 0.3) is 0 Å². The molecule has 0 aliphatic heterocycles. The van der Waals surface area contributed by atoms with Crippen molar-refractivity contribution in [2.75, 3.05) is 56.9 Å². The maximum Gasteiger partial charge on any atom is 0.326 e. The molecule has 0 saturated heterocycles. The number of rotatable bonds is 40. The van der Waals surface area contributed by atoms with Gasteiger partial charge in [-0.15, -0.1) is 0 Å². The van der Waals surface area contributed by atoms with Crippen LogP contribution < -0.4 is 80.4 Å². The molecule has 4 aromatic rings. The van der Waals surface area contributed by atoms with Gasteiger partial charge >= 0.3 is 23.9 Å². The van der Waals surface area contributed by atoms with Crippen LogP contribution in [-0.2, 0) is 57.5 Å². The smallest absolute Gasteiger partial charge is 0.326 e. The summed E-state index contributed by atoms with van der Waals surface area (Å²) in [5.74, 6) is -26.3. The first-order chi connectivity index (χ1) is 54.4. The SMILES string of the molecule is COc1cc(OC)c2cc1C(C(=O)N[C@@H](C(=O)N[C@H](CC(C)C)C(=O)O)C(C)C)c1cc(c(OC)cc1OC)C(C(=O)N[C@@H](C(=O)N[C@H](CC(C)C)C(=O)O)C(C)C)c1cc(c(OC)cc1OC)C(C(=O)N[C@@H](C(=O)N[C@H](CC(C)C)C(=O)O)C(C)C)c1cc(c(OC)cc1OC)C2C(=O)N[C@@H](C(=O)N[C@H](CC(C)C)C(=O)O)C(C)C. The highest BCUT2D eigenvalue weighted by molar-refractivity contribution is 6.00. The Hall–Kier alpha value is -11.1. The zero-order chi connectivity index (χ0) is 87.5.